The molecule has 0 aliphatic carbocycles. The van der Waals surface area contributed by atoms with E-state index < -0.39 is 0 Å². The number of fused-ring (bicyclic) bond motifs is 1. The Morgan fingerprint density at radius 3 is 2.78 bits per heavy atom. The monoisotopic (exact) mass is 323 g/mol. The zero-order chi connectivity index (χ0) is 16.0. The summed E-state index contributed by atoms with van der Waals surface area (Å²) in [6, 6.07) is 14.5. The van der Waals surface area contributed by atoms with Crippen molar-refractivity contribution in [3.8, 4) is 16.9 Å². The lowest BCUT2D eigenvalue weighted by atomic mass is 10.0. The molecule has 2 heterocycles. The molecule has 4 rings (SSSR count). The average Bonchev–Trinajstić information content (AvgIpc) is 3.10. The molecule has 1 N–H and O–H groups in total. The molecule has 23 heavy (non-hydrogen) atoms. The number of rotatable bonds is 2. The largest absolute Gasteiger partial charge is 0.369 e. The fraction of sp³-hybridized carbons (Fsp3) is 0.211. The highest BCUT2D eigenvalue weighted by molar-refractivity contribution is 6.30. The molecule has 1 aliphatic rings. The quantitative estimate of drug-likeness (QED) is 0.735. The predicted octanol–water partition coefficient (Wildman–Crippen LogP) is 4.78. The Kier molecular flexibility index (Phi) is 3.38. The topological polar surface area (TPSA) is 29.9 Å². The molecule has 1 aromatic heterocycles. The SMILES string of the molecule is Cc1cccc(-c2nn(-c3ccc(Cl)cc3C)c3c2CCN3)c1. The first kappa shape index (κ1) is 14.3. The number of hydrogen-bond donors (Lipinski definition) is 1. The van der Waals surface area contributed by atoms with Gasteiger partial charge in [-0.2, -0.15) is 5.10 Å². The first-order valence-corrected chi connectivity index (χ1v) is 8.20. The summed E-state index contributed by atoms with van der Waals surface area (Å²) in [5.74, 6) is 1.10. The van der Waals surface area contributed by atoms with Gasteiger partial charge in [0, 0.05) is 22.7 Å². The van der Waals surface area contributed by atoms with Crippen LogP contribution in [0.4, 0.5) is 5.82 Å². The van der Waals surface area contributed by atoms with Crippen LogP contribution in [0.2, 0.25) is 5.02 Å². The summed E-state index contributed by atoms with van der Waals surface area (Å²) in [6.45, 7) is 5.14. The second-order valence-electron chi connectivity index (χ2n) is 6.06. The van der Waals surface area contributed by atoms with Crippen molar-refractivity contribution in [2.45, 2.75) is 20.3 Å². The lowest BCUT2D eigenvalue weighted by Gasteiger charge is -2.09. The maximum atomic E-state index is 6.09. The van der Waals surface area contributed by atoms with Crippen LogP contribution in [0.25, 0.3) is 16.9 Å². The normalized spacial score (nSPS) is 13.0. The molecular formula is C19H18ClN3. The average molecular weight is 324 g/mol. The van der Waals surface area contributed by atoms with Crippen molar-refractivity contribution in [3.63, 3.8) is 0 Å². The third kappa shape index (κ3) is 2.41. The van der Waals surface area contributed by atoms with Crippen LogP contribution in [0.15, 0.2) is 42.5 Å². The van der Waals surface area contributed by atoms with Gasteiger partial charge >= 0.3 is 0 Å². The highest BCUT2D eigenvalue weighted by Crippen LogP contribution is 2.35. The summed E-state index contributed by atoms with van der Waals surface area (Å²) in [4.78, 5) is 0. The molecule has 0 unspecified atom stereocenters. The van der Waals surface area contributed by atoms with E-state index in [0.717, 1.165) is 40.8 Å². The van der Waals surface area contributed by atoms with E-state index in [1.165, 1.54) is 16.7 Å². The van der Waals surface area contributed by atoms with Crippen molar-refractivity contribution in [1.29, 1.82) is 0 Å². The highest BCUT2D eigenvalue weighted by atomic mass is 35.5. The number of benzene rings is 2. The molecule has 4 heteroatoms. The number of nitrogens with one attached hydrogen (secondary N) is 1. The number of hydrogen-bond acceptors (Lipinski definition) is 2. The lowest BCUT2D eigenvalue weighted by Crippen LogP contribution is -2.05. The van der Waals surface area contributed by atoms with Crippen molar-refractivity contribution in [1.82, 2.24) is 9.78 Å². The molecule has 1 aliphatic heterocycles. The van der Waals surface area contributed by atoms with Gasteiger partial charge in [-0.25, -0.2) is 4.68 Å². The number of anilines is 1. The maximum Gasteiger partial charge on any atom is 0.133 e. The van der Waals surface area contributed by atoms with Crippen molar-refractivity contribution in [2.24, 2.45) is 0 Å². The number of nitrogens with zero attached hydrogens (tertiary/aromatic N) is 2. The van der Waals surface area contributed by atoms with Gasteiger partial charge in [-0.05, 0) is 50.1 Å². The highest BCUT2D eigenvalue weighted by Gasteiger charge is 2.24. The van der Waals surface area contributed by atoms with Gasteiger partial charge in [-0.3, -0.25) is 0 Å². The van der Waals surface area contributed by atoms with Crippen LogP contribution in [0.5, 0.6) is 0 Å². The second kappa shape index (κ2) is 5.43. The van der Waals surface area contributed by atoms with E-state index in [9.17, 15) is 0 Å². The maximum absolute atomic E-state index is 6.09. The van der Waals surface area contributed by atoms with Gasteiger partial charge in [-0.1, -0.05) is 35.4 Å². The molecule has 0 radical (unpaired) electrons. The van der Waals surface area contributed by atoms with E-state index in [-0.39, 0.29) is 0 Å². The minimum Gasteiger partial charge on any atom is -0.369 e. The molecule has 0 saturated carbocycles. The van der Waals surface area contributed by atoms with E-state index in [1.807, 2.05) is 22.9 Å². The molecule has 0 saturated heterocycles. The third-order valence-corrected chi connectivity index (χ3v) is 4.56. The zero-order valence-electron chi connectivity index (χ0n) is 13.2. The summed E-state index contributed by atoms with van der Waals surface area (Å²) < 4.78 is 2.02. The van der Waals surface area contributed by atoms with Crippen molar-refractivity contribution < 1.29 is 0 Å². The first-order valence-electron chi connectivity index (χ1n) is 7.83. The molecule has 0 atom stereocenters. The molecule has 0 bridgehead atoms. The molecule has 0 amide bonds. The second-order valence-corrected chi connectivity index (χ2v) is 6.50. The van der Waals surface area contributed by atoms with Gasteiger partial charge in [0.2, 0.25) is 0 Å². The number of halogens is 1. The van der Waals surface area contributed by atoms with Gasteiger partial charge in [0.25, 0.3) is 0 Å². The molecule has 3 aromatic rings. The minimum atomic E-state index is 0.752. The van der Waals surface area contributed by atoms with E-state index in [1.54, 1.807) is 0 Å². The summed E-state index contributed by atoms with van der Waals surface area (Å²) in [5.41, 5.74) is 6.98. The Morgan fingerprint density at radius 2 is 2.00 bits per heavy atom. The van der Waals surface area contributed by atoms with Crippen LogP contribution >= 0.6 is 11.6 Å². The fourth-order valence-corrected chi connectivity index (χ4v) is 3.46. The predicted molar refractivity (Wildman–Crippen MR) is 95.7 cm³/mol. The zero-order valence-corrected chi connectivity index (χ0v) is 14.0. The van der Waals surface area contributed by atoms with Crippen LogP contribution in [0, 0.1) is 13.8 Å². The van der Waals surface area contributed by atoms with Gasteiger partial charge in [0.05, 0.1) is 11.4 Å². The van der Waals surface area contributed by atoms with Crippen molar-refractivity contribution in [3.05, 3.63) is 64.2 Å². The minimum absolute atomic E-state index is 0.752. The Morgan fingerprint density at radius 1 is 1.13 bits per heavy atom. The molecule has 116 valence electrons. The van der Waals surface area contributed by atoms with E-state index in [4.69, 9.17) is 16.7 Å². The standard InChI is InChI=1S/C19H18ClN3/c1-12-4-3-5-14(10-12)18-16-8-9-21-19(16)23(22-18)17-7-6-15(20)11-13(17)2/h3-7,10-11,21H,8-9H2,1-2H3. The summed E-state index contributed by atoms with van der Waals surface area (Å²) in [7, 11) is 0. The van der Waals surface area contributed by atoms with Crippen LogP contribution in [0.1, 0.15) is 16.7 Å². The van der Waals surface area contributed by atoms with Gasteiger partial charge in [0.15, 0.2) is 0 Å². The molecular weight excluding hydrogens is 306 g/mol. The summed E-state index contributed by atoms with van der Waals surface area (Å²) in [6.07, 6.45) is 1.01. The number of aromatic nitrogens is 2. The molecule has 2 aromatic carbocycles. The molecule has 3 nitrogen and oxygen atoms in total. The van der Waals surface area contributed by atoms with Gasteiger partial charge in [-0.15, -0.1) is 0 Å². The fourth-order valence-electron chi connectivity index (χ4n) is 3.23. The Balaban J connectivity index is 1.91. The third-order valence-electron chi connectivity index (χ3n) is 4.33. The van der Waals surface area contributed by atoms with Crippen molar-refractivity contribution in [2.75, 3.05) is 11.9 Å². The van der Waals surface area contributed by atoms with E-state index >= 15 is 0 Å². The lowest BCUT2D eigenvalue weighted by molar-refractivity contribution is 0.875. The Labute approximate surface area is 140 Å². The van der Waals surface area contributed by atoms with Crippen molar-refractivity contribution >= 4 is 17.4 Å². The first-order chi connectivity index (χ1) is 11.1. The Hall–Kier alpha value is -2.26. The van der Waals surface area contributed by atoms with E-state index in [0.29, 0.717) is 0 Å². The van der Waals surface area contributed by atoms with Gasteiger partial charge < -0.3 is 5.32 Å². The number of aryl methyl sites for hydroxylation is 2. The summed E-state index contributed by atoms with van der Waals surface area (Å²) >= 11 is 6.09. The van der Waals surface area contributed by atoms with E-state index in [2.05, 4.69) is 43.4 Å². The van der Waals surface area contributed by atoms with Crippen LogP contribution in [-0.4, -0.2) is 16.3 Å². The van der Waals surface area contributed by atoms with Crippen LogP contribution < -0.4 is 5.32 Å². The Bertz CT molecular complexity index is 896. The smallest absolute Gasteiger partial charge is 0.133 e. The van der Waals surface area contributed by atoms with Crippen LogP contribution in [0.3, 0.4) is 0 Å². The van der Waals surface area contributed by atoms with Crippen LogP contribution in [-0.2, 0) is 6.42 Å². The molecule has 0 fully saturated rings. The molecule has 0 spiro atoms. The van der Waals surface area contributed by atoms with Gasteiger partial charge in [0.1, 0.15) is 5.82 Å². The summed E-state index contributed by atoms with van der Waals surface area (Å²) in [5, 5.41) is 9.15.